The molecule has 110 valence electrons. The minimum atomic E-state index is -0.635. The number of hydrogen-bond donors (Lipinski definition) is 1. The number of benzene rings is 1. The normalized spacial score (nSPS) is 10.4. The van der Waals surface area contributed by atoms with Crippen LogP contribution in [0.15, 0.2) is 30.6 Å². The van der Waals surface area contributed by atoms with Crippen LogP contribution in [0.1, 0.15) is 33.2 Å². The molecule has 0 saturated heterocycles. The largest absolute Gasteiger partial charge is 0.462 e. The molecule has 1 amide bonds. The van der Waals surface area contributed by atoms with Crippen molar-refractivity contribution in [2.24, 2.45) is 5.73 Å². The molecule has 21 heavy (non-hydrogen) atoms. The van der Waals surface area contributed by atoms with Crippen molar-refractivity contribution in [3.05, 3.63) is 53.1 Å². The van der Waals surface area contributed by atoms with E-state index in [0.717, 1.165) is 0 Å². The smallest absolute Gasteiger partial charge is 0.341 e. The molecule has 2 N–H and O–H groups in total. The van der Waals surface area contributed by atoms with E-state index in [0.29, 0.717) is 0 Å². The molecule has 2 rings (SSSR count). The lowest BCUT2D eigenvalue weighted by Crippen LogP contribution is -2.12. The first kappa shape index (κ1) is 14.7. The van der Waals surface area contributed by atoms with E-state index in [4.69, 9.17) is 10.5 Å². The number of primary amides is 1. The van der Waals surface area contributed by atoms with Gasteiger partial charge in [0.15, 0.2) is 0 Å². The van der Waals surface area contributed by atoms with Crippen molar-refractivity contribution < 1.29 is 18.7 Å². The Bertz CT molecular complexity index is 682. The second-order valence-electron chi connectivity index (χ2n) is 4.32. The van der Waals surface area contributed by atoms with E-state index >= 15 is 0 Å². The van der Waals surface area contributed by atoms with Crippen molar-refractivity contribution in [2.45, 2.75) is 13.5 Å². The first-order chi connectivity index (χ1) is 10.0. The van der Waals surface area contributed by atoms with Gasteiger partial charge in [0.1, 0.15) is 5.82 Å². The fourth-order valence-electron chi connectivity index (χ4n) is 1.79. The molecule has 0 unspecified atom stereocenters. The zero-order chi connectivity index (χ0) is 15.4. The Kier molecular flexibility index (Phi) is 4.32. The molecular weight excluding hydrogens is 277 g/mol. The summed E-state index contributed by atoms with van der Waals surface area (Å²) < 4.78 is 19.9. The summed E-state index contributed by atoms with van der Waals surface area (Å²) in [6, 6.07) is 3.85. The van der Waals surface area contributed by atoms with E-state index in [1.807, 2.05) is 0 Å². The van der Waals surface area contributed by atoms with Crippen molar-refractivity contribution in [3.63, 3.8) is 0 Å². The number of nitrogens with zero attached hydrogens (tertiary/aromatic N) is 2. The van der Waals surface area contributed by atoms with Gasteiger partial charge in [-0.05, 0) is 25.1 Å². The second kappa shape index (κ2) is 6.17. The van der Waals surface area contributed by atoms with Crippen LogP contribution in [-0.4, -0.2) is 28.3 Å². The Morgan fingerprint density at radius 2 is 2.14 bits per heavy atom. The van der Waals surface area contributed by atoms with E-state index in [1.165, 1.54) is 35.3 Å². The number of ether oxygens (including phenoxy) is 1. The Hall–Kier alpha value is -2.70. The van der Waals surface area contributed by atoms with Gasteiger partial charge in [-0.25, -0.2) is 9.18 Å². The lowest BCUT2D eigenvalue weighted by molar-refractivity contribution is 0.0526. The molecule has 0 aliphatic heterocycles. The van der Waals surface area contributed by atoms with E-state index in [9.17, 15) is 14.0 Å². The monoisotopic (exact) mass is 291 g/mol. The zero-order valence-electron chi connectivity index (χ0n) is 11.4. The minimum Gasteiger partial charge on any atom is -0.462 e. The van der Waals surface area contributed by atoms with E-state index in [2.05, 4.69) is 5.10 Å². The van der Waals surface area contributed by atoms with Crippen LogP contribution in [0, 0.1) is 5.82 Å². The number of nitrogens with two attached hydrogens (primary N) is 1. The molecule has 2 aromatic rings. The number of hydrogen-bond acceptors (Lipinski definition) is 4. The van der Waals surface area contributed by atoms with Crippen LogP contribution in [0.5, 0.6) is 0 Å². The van der Waals surface area contributed by atoms with Crippen LogP contribution in [0.4, 0.5) is 4.39 Å². The van der Waals surface area contributed by atoms with E-state index in [1.54, 1.807) is 6.92 Å². The third kappa shape index (κ3) is 3.44. The number of carbonyl (C=O) groups excluding carboxylic acids is 2. The van der Waals surface area contributed by atoms with Gasteiger partial charge in [-0.15, -0.1) is 0 Å². The third-order valence-electron chi connectivity index (χ3n) is 2.81. The lowest BCUT2D eigenvalue weighted by atomic mass is 10.1. The Balaban J connectivity index is 2.20. The van der Waals surface area contributed by atoms with Gasteiger partial charge in [0.05, 0.1) is 24.9 Å². The molecule has 7 heteroatoms. The average molecular weight is 291 g/mol. The molecule has 1 heterocycles. The van der Waals surface area contributed by atoms with Gasteiger partial charge < -0.3 is 10.5 Å². The van der Waals surface area contributed by atoms with Gasteiger partial charge in [0.25, 0.3) is 0 Å². The summed E-state index contributed by atoms with van der Waals surface area (Å²) in [5, 5.41) is 3.96. The minimum absolute atomic E-state index is 0.0758. The van der Waals surface area contributed by atoms with Crippen LogP contribution in [0.25, 0.3) is 0 Å². The first-order valence-corrected chi connectivity index (χ1v) is 6.29. The maximum atomic E-state index is 13.7. The van der Waals surface area contributed by atoms with Gasteiger partial charge >= 0.3 is 5.97 Å². The SMILES string of the molecule is CCOC(=O)c1cnn(Cc2cc(C(N)=O)ccc2F)c1. The highest BCUT2D eigenvalue weighted by Gasteiger charge is 2.12. The summed E-state index contributed by atoms with van der Waals surface area (Å²) in [6.45, 7) is 2.04. The molecule has 1 aromatic heterocycles. The molecular formula is C14H14FN3O3. The third-order valence-corrected chi connectivity index (χ3v) is 2.81. The van der Waals surface area contributed by atoms with Crippen LogP contribution >= 0.6 is 0 Å². The number of amides is 1. The summed E-state index contributed by atoms with van der Waals surface area (Å²) in [5.41, 5.74) is 5.91. The van der Waals surface area contributed by atoms with Gasteiger partial charge in [-0.1, -0.05) is 0 Å². The molecule has 0 saturated carbocycles. The maximum absolute atomic E-state index is 13.7. The van der Waals surface area contributed by atoms with Gasteiger partial charge in [0, 0.05) is 17.3 Å². The summed E-state index contributed by atoms with van der Waals surface area (Å²) in [4.78, 5) is 22.6. The molecule has 0 aliphatic rings. The summed E-state index contributed by atoms with van der Waals surface area (Å²) in [6.07, 6.45) is 2.79. The van der Waals surface area contributed by atoms with Gasteiger partial charge in [-0.3, -0.25) is 9.48 Å². The topological polar surface area (TPSA) is 87.2 Å². The summed E-state index contributed by atoms with van der Waals surface area (Å²) in [7, 11) is 0. The lowest BCUT2D eigenvalue weighted by Gasteiger charge is -2.05. The van der Waals surface area contributed by atoms with Crippen LogP contribution < -0.4 is 5.73 Å². The summed E-state index contributed by atoms with van der Waals surface area (Å²) >= 11 is 0. The highest BCUT2D eigenvalue weighted by Crippen LogP contribution is 2.12. The van der Waals surface area contributed by atoms with Crippen LogP contribution in [0.3, 0.4) is 0 Å². The molecule has 0 radical (unpaired) electrons. The Morgan fingerprint density at radius 1 is 1.38 bits per heavy atom. The first-order valence-electron chi connectivity index (χ1n) is 6.29. The molecule has 0 spiro atoms. The number of rotatable bonds is 5. The second-order valence-corrected chi connectivity index (χ2v) is 4.32. The maximum Gasteiger partial charge on any atom is 0.341 e. The predicted molar refractivity (Wildman–Crippen MR) is 72.2 cm³/mol. The predicted octanol–water partition coefficient (Wildman–Crippen LogP) is 1.35. The zero-order valence-corrected chi connectivity index (χ0v) is 11.4. The van der Waals surface area contributed by atoms with Crippen molar-refractivity contribution in [2.75, 3.05) is 6.61 Å². The van der Waals surface area contributed by atoms with Crippen molar-refractivity contribution in [3.8, 4) is 0 Å². The summed E-state index contributed by atoms with van der Waals surface area (Å²) in [5.74, 6) is -1.60. The van der Waals surface area contributed by atoms with Crippen LogP contribution in [0.2, 0.25) is 0 Å². The molecule has 0 aliphatic carbocycles. The number of carbonyl (C=O) groups is 2. The highest BCUT2D eigenvalue weighted by molar-refractivity contribution is 5.92. The molecule has 0 atom stereocenters. The average Bonchev–Trinajstić information content (AvgIpc) is 2.90. The van der Waals surface area contributed by atoms with Crippen molar-refractivity contribution in [1.82, 2.24) is 9.78 Å². The van der Waals surface area contributed by atoms with E-state index < -0.39 is 17.7 Å². The van der Waals surface area contributed by atoms with Crippen molar-refractivity contribution >= 4 is 11.9 Å². The van der Waals surface area contributed by atoms with Crippen molar-refractivity contribution in [1.29, 1.82) is 0 Å². The molecule has 6 nitrogen and oxygen atoms in total. The quantitative estimate of drug-likeness (QED) is 0.842. The fourth-order valence-corrected chi connectivity index (χ4v) is 1.79. The fraction of sp³-hybridized carbons (Fsp3) is 0.214. The molecule has 0 bridgehead atoms. The van der Waals surface area contributed by atoms with Gasteiger partial charge in [-0.2, -0.15) is 5.10 Å². The van der Waals surface area contributed by atoms with Gasteiger partial charge in [0.2, 0.25) is 5.91 Å². The van der Waals surface area contributed by atoms with Crippen LogP contribution in [-0.2, 0) is 11.3 Å². The number of esters is 1. The highest BCUT2D eigenvalue weighted by atomic mass is 19.1. The standard InChI is InChI=1S/C14H14FN3O3/c1-2-21-14(20)11-6-17-18(8-11)7-10-5-9(13(16)19)3-4-12(10)15/h3-6,8H,2,7H2,1H3,(H2,16,19). The number of halogens is 1. The molecule has 1 aromatic carbocycles. The van der Waals surface area contributed by atoms with E-state index in [-0.39, 0.29) is 29.8 Å². The Morgan fingerprint density at radius 3 is 2.81 bits per heavy atom. The Labute approximate surface area is 120 Å². The molecule has 0 fully saturated rings. The number of aromatic nitrogens is 2.